The van der Waals surface area contributed by atoms with Crippen LogP contribution >= 0.6 is 22.9 Å². The molecule has 20 heavy (non-hydrogen) atoms. The first-order valence-electron chi connectivity index (χ1n) is 6.57. The molecule has 2 nitrogen and oxygen atoms in total. The summed E-state index contributed by atoms with van der Waals surface area (Å²) in [5.41, 5.74) is 2.19. The van der Waals surface area contributed by atoms with Crippen LogP contribution in [0.15, 0.2) is 40.8 Å². The van der Waals surface area contributed by atoms with Gasteiger partial charge in [0.2, 0.25) is 0 Å². The molecular formula is C16H16ClNOS. The molecule has 0 saturated heterocycles. The number of halogens is 1. The largest absolute Gasteiger partial charge is 0.459 e. The summed E-state index contributed by atoms with van der Waals surface area (Å²) < 4.78 is 6.79. The Kier molecular flexibility index (Phi) is 3.83. The van der Waals surface area contributed by atoms with E-state index in [2.05, 4.69) is 36.5 Å². The zero-order valence-corrected chi connectivity index (χ0v) is 13.0. The fourth-order valence-electron chi connectivity index (χ4n) is 2.36. The van der Waals surface area contributed by atoms with Crippen molar-refractivity contribution in [3.8, 4) is 0 Å². The zero-order valence-electron chi connectivity index (χ0n) is 11.4. The van der Waals surface area contributed by atoms with Gasteiger partial charge in [0.15, 0.2) is 0 Å². The number of furan rings is 1. The molecule has 1 N–H and O–H groups in total. The molecule has 2 aromatic heterocycles. The van der Waals surface area contributed by atoms with Gasteiger partial charge in [-0.2, -0.15) is 0 Å². The van der Waals surface area contributed by atoms with E-state index in [1.54, 1.807) is 11.3 Å². The topological polar surface area (TPSA) is 25.2 Å². The maximum absolute atomic E-state index is 5.99. The summed E-state index contributed by atoms with van der Waals surface area (Å²) in [6, 6.07) is 12.6. The number of hydrogen-bond donors (Lipinski definition) is 1. The van der Waals surface area contributed by atoms with E-state index < -0.39 is 0 Å². The van der Waals surface area contributed by atoms with E-state index in [4.69, 9.17) is 16.0 Å². The maximum atomic E-state index is 5.99. The van der Waals surface area contributed by atoms with Gasteiger partial charge in [0.05, 0.1) is 10.4 Å². The average molecular weight is 306 g/mol. The van der Waals surface area contributed by atoms with Gasteiger partial charge in [0, 0.05) is 16.7 Å². The van der Waals surface area contributed by atoms with E-state index in [9.17, 15) is 0 Å². The number of hydrogen-bond acceptors (Lipinski definition) is 3. The number of fused-ring (bicyclic) bond motifs is 1. The van der Waals surface area contributed by atoms with Crippen LogP contribution in [0.4, 0.5) is 0 Å². The van der Waals surface area contributed by atoms with Crippen molar-refractivity contribution < 1.29 is 4.42 Å². The van der Waals surface area contributed by atoms with Crippen molar-refractivity contribution in [2.24, 2.45) is 0 Å². The number of thiophene rings is 1. The molecule has 0 saturated carbocycles. The van der Waals surface area contributed by atoms with E-state index in [1.165, 1.54) is 10.4 Å². The molecule has 3 aromatic rings. The van der Waals surface area contributed by atoms with Gasteiger partial charge in [-0.3, -0.25) is 0 Å². The summed E-state index contributed by atoms with van der Waals surface area (Å²) in [6.07, 6.45) is 0.882. The highest BCUT2D eigenvalue weighted by molar-refractivity contribution is 7.16. The second-order valence-electron chi connectivity index (χ2n) is 4.94. The van der Waals surface area contributed by atoms with Crippen LogP contribution < -0.4 is 5.32 Å². The summed E-state index contributed by atoms with van der Waals surface area (Å²) >= 11 is 7.61. The van der Waals surface area contributed by atoms with Crippen LogP contribution in [0, 0.1) is 6.92 Å². The monoisotopic (exact) mass is 305 g/mol. The predicted molar refractivity (Wildman–Crippen MR) is 85.8 cm³/mol. The van der Waals surface area contributed by atoms with Gasteiger partial charge in [0.25, 0.3) is 0 Å². The van der Waals surface area contributed by atoms with E-state index >= 15 is 0 Å². The van der Waals surface area contributed by atoms with E-state index in [0.29, 0.717) is 0 Å². The van der Waals surface area contributed by atoms with Crippen LogP contribution in [0.5, 0.6) is 0 Å². The lowest BCUT2D eigenvalue weighted by Gasteiger charge is -2.11. The Labute approximate surface area is 127 Å². The molecule has 104 valence electrons. The number of nitrogens with one attached hydrogen (secondary N) is 1. The molecule has 0 aliphatic heterocycles. The van der Waals surface area contributed by atoms with Crippen LogP contribution in [0.25, 0.3) is 11.0 Å². The third-order valence-electron chi connectivity index (χ3n) is 3.42. The number of benzene rings is 1. The summed E-state index contributed by atoms with van der Waals surface area (Å²) in [4.78, 5) is 1.26. The van der Waals surface area contributed by atoms with Gasteiger partial charge in [-0.15, -0.1) is 11.3 Å². The molecule has 1 unspecified atom stereocenters. The van der Waals surface area contributed by atoms with E-state index in [0.717, 1.165) is 27.5 Å². The van der Waals surface area contributed by atoms with Crippen molar-refractivity contribution in [3.05, 3.63) is 56.9 Å². The number of aryl methyl sites for hydroxylation is 1. The van der Waals surface area contributed by atoms with Gasteiger partial charge in [0.1, 0.15) is 11.3 Å². The highest BCUT2D eigenvalue weighted by Crippen LogP contribution is 2.29. The molecule has 0 aliphatic carbocycles. The van der Waals surface area contributed by atoms with Crippen LogP contribution in [0.2, 0.25) is 4.34 Å². The predicted octanol–water partition coefficient (Wildman–Crippen LogP) is 4.96. The third kappa shape index (κ3) is 2.75. The Bertz CT molecular complexity index is 731. The SMILES string of the molecule is CNC(Cc1ccc(Cl)s1)c1cc2cc(C)ccc2o1. The molecular weight excluding hydrogens is 290 g/mol. The summed E-state index contributed by atoms with van der Waals surface area (Å²) in [7, 11) is 1.96. The Morgan fingerprint density at radius 2 is 2.10 bits per heavy atom. The molecule has 1 atom stereocenters. The Hall–Kier alpha value is -1.29. The zero-order chi connectivity index (χ0) is 14.1. The lowest BCUT2D eigenvalue weighted by atomic mass is 10.1. The normalized spacial score (nSPS) is 12.9. The molecule has 0 aliphatic rings. The molecule has 0 spiro atoms. The number of likely N-dealkylation sites (N-methyl/N-ethyl adjacent to an activating group) is 1. The Morgan fingerprint density at radius 3 is 2.80 bits per heavy atom. The van der Waals surface area contributed by atoms with E-state index in [1.807, 2.05) is 19.2 Å². The van der Waals surface area contributed by atoms with Crippen molar-refractivity contribution in [1.82, 2.24) is 5.32 Å². The van der Waals surface area contributed by atoms with Gasteiger partial charge < -0.3 is 9.73 Å². The fraction of sp³-hybridized carbons (Fsp3) is 0.250. The second-order valence-corrected chi connectivity index (χ2v) is 6.74. The first kappa shape index (κ1) is 13.7. The molecule has 0 bridgehead atoms. The van der Waals surface area contributed by atoms with Gasteiger partial charge in [-0.05, 0) is 44.3 Å². The molecule has 1 aromatic carbocycles. The third-order valence-corrected chi connectivity index (χ3v) is 4.67. The van der Waals surface area contributed by atoms with E-state index in [-0.39, 0.29) is 6.04 Å². The summed E-state index contributed by atoms with van der Waals surface area (Å²) in [6.45, 7) is 2.09. The molecule has 0 radical (unpaired) electrons. The molecule has 3 rings (SSSR count). The summed E-state index contributed by atoms with van der Waals surface area (Å²) in [5.74, 6) is 0.970. The van der Waals surface area contributed by atoms with Crippen molar-refractivity contribution in [2.45, 2.75) is 19.4 Å². The van der Waals surface area contributed by atoms with Crippen molar-refractivity contribution in [3.63, 3.8) is 0 Å². The molecule has 2 heterocycles. The molecule has 0 amide bonds. The molecule has 0 fully saturated rings. The minimum atomic E-state index is 0.164. The molecule has 4 heteroatoms. The van der Waals surface area contributed by atoms with Crippen LogP contribution in [0.3, 0.4) is 0 Å². The van der Waals surface area contributed by atoms with Gasteiger partial charge in [-0.25, -0.2) is 0 Å². The highest BCUT2D eigenvalue weighted by Gasteiger charge is 2.16. The fourth-order valence-corrected chi connectivity index (χ4v) is 3.50. The second kappa shape index (κ2) is 5.60. The number of rotatable bonds is 4. The van der Waals surface area contributed by atoms with Crippen molar-refractivity contribution >= 4 is 33.9 Å². The lowest BCUT2D eigenvalue weighted by molar-refractivity contribution is 0.452. The smallest absolute Gasteiger partial charge is 0.134 e. The minimum Gasteiger partial charge on any atom is -0.459 e. The van der Waals surface area contributed by atoms with Crippen LogP contribution in [0.1, 0.15) is 22.2 Å². The summed E-state index contributed by atoms with van der Waals surface area (Å²) in [5, 5.41) is 4.48. The first-order valence-corrected chi connectivity index (χ1v) is 7.77. The maximum Gasteiger partial charge on any atom is 0.134 e. The van der Waals surface area contributed by atoms with Gasteiger partial charge >= 0.3 is 0 Å². The average Bonchev–Trinajstić information content (AvgIpc) is 3.01. The Morgan fingerprint density at radius 1 is 1.25 bits per heavy atom. The highest BCUT2D eigenvalue weighted by atomic mass is 35.5. The van der Waals surface area contributed by atoms with Gasteiger partial charge in [-0.1, -0.05) is 23.2 Å². The Balaban J connectivity index is 1.90. The lowest BCUT2D eigenvalue weighted by Crippen LogP contribution is -2.17. The van der Waals surface area contributed by atoms with Crippen molar-refractivity contribution in [1.29, 1.82) is 0 Å². The standard InChI is InChI=1S/C16H16ClNOS/c1-10-3-5-14-11(7-10)8-15(19-14)13(18-2)9-12-4-6-16(17)20-12/h3-8,13,18H,9H2,1-2H3. The van der Waals surface area contributed by atoms with Crippen LogP contribution in [-0.2, 0) is 6.42 Å². The van der Waals surface area contributed by atoms with Crippen molar-refractivity contribution in [2.75, 3.05) is 7.05 Å². The minimum absolute atomic E-state index is 0.164. The quantitative estimate of drug-likeness (QED) is 0.737. The first-order chi connectivity index (χ1) is 9.65. The van der Waals surface area contributed by atoms with Crippen LogP contribution in [-0.4, -0.2) is 7.05 Å².